The van der Waals surface area contributed by atoms with Gasteiger partial charge in [-0.15, -0.1) is 0 Å². The van der Waals surface area contributed by atoms with Crippen LogP contribution >= 0.6 is 0 Å². The van der Waals surface area contributed by atoms with Crippen LogP contribution in [0, 0.1) is 0 Å². The zero-order valence-corrected chi connectivity index (χ0v) is 12.7. The first-order chi connectivity index (χ1) is 10.8. The van der Waals surface area contributed by atoms with Gasteiger partial charge in [0.15, 0.2) is 0 Å². The standard InChI is InChI=1S/C20H21NO/c22-17-8-5-11-21(13-17)14-20-18-9-3-1-6-15(18)12-16-7-2-4-10-19(16)20/h1-4,6-7,9-10,12,17,22H,5,8,11,13-14H2/t17-/m0/s1. The number of piperidine rings is 1. The molecule has 22 heavy (non-hydrogen) atoms. The Morgan fingerprint density at radius 1 is 0.955 bits per heavy atom. The first kappa shape index (κ1) is 13.7. The van der Waals surface area contributed by atoms with Crippen LogP contribution in [0.2, 0.25) is 0 Å². The molecule has 0 saturated carbocycles. The number of hydrogen-bond acceptors (Lipinski definition) is 2. The fourth-order valence-corrected chi connectivity index (χ4v) is 3.68. The van der Waals surface area contributed by atoms with Crippen molar-refractivity contribution in [2.75, 3.05) is 13.1 Å². The molecular formula is C20H21NO. The highest BCUT2D eigenvalue weighted by molar-refractivity contribution is 6.02. The molecule has 1 aliphatic heterocycles. The smallest absolute Gasteiger partial charge is 0.0667 e. The molecule has 3 aromatic rings. The van der Waals surface area contributed by atoms with Gasteiger partial charge in [-0.3, -0.25) is 4.90 Å². The molecule has 0 aliphatic carbocycles. The van der Waals surface area contributed by atoms with E-state index < -0.39 is 0 Å². The Morgan fingerprint density at radius 3 is 2.23 bits per heavy atom. The van der Waals surface area contributed by atoms with Crippen LogP contribution in [0.15, 0.2) is 54.6 Å². The molecule has 1 saturated heterocycles. The zero-order valence-electron chi connectivity index (χ0n) is 12.7. The largest absolute Gasteiger partial charge is 0.392 e. The minimum absolute atomic E-state index is 0.171. The van der Waals surface area contributed by atoms with E-state index in [1.807, 2.05) is 0 Å². The van der Waals surface area contributed by atoms with Crippen molar-refractivity contribution >= 4 is 21.5 Å². The molecule has 0 aromatic heterocycles. The highest BCUT2D eigenvalue weighted by Gasteiger charge is 2.19. The Bertz CT molecular complexity index is 757. The van der Waals surface area contributed by atoms with Crippen molar-refractivity contribution in [1.29, 1.82) is 0 Å². The second kappa shape index (κ2) is 5.71. The normalized spacial score (nSPS) is 19.8. The third-order valence-electron chi connectivity index (χ3n) is 4.75. The van der Waals surface area contributed by atoms with Gasteiger partial charge in [-0.2, -0.15) is 0 Å². The van der Waals surface area contributed by atoms with Gasteiger partial charge in [0.25, 0.3) is 0 Å². The predicted octanol–water partition coefficient (Wildman–Crippen LogP) is 3.95. The number of nitrogens with zero attached hydrogens (tertiary/aromatic N) is 1. The van der Waals surface area contributed by atoms with Crippen LogP contribution in [0.25, 0.3) is 21.5 Å². The predicted molar refractivity (Wildman–Crippen MR) is 92.0 cm³/mol. The number of β-amino-alcohol motifs (C(OH)–C–C–N with tert-alkyl or cyclic N) is 1. The van der Waals surface area contributed by atoms with Gasteiger partial charge in [0.2, 0.25) is 0 Å². The second-order valence-corrected chi connectivity index (χ2v) is 6.33. The summed E-state index contributed by atoms with van der Waals surface area (Å²) in [6.07, 6.45) is 1.85. The number of aliphatic hydroxyl groups is 1. The Balaban J connectivity index is 1.85. The Labute approximate surface area is 131 Å². The molecule has 0 amide bonds. The maximum atomic E-state index is 9.94. The Kier molecular flexibility index (Phi) is 3.57. The van der Waals surface area contributed by atoms with Gasteiger partial charge in [0.1, 0.15) is 0 Å². The average Bonchev–Trinajstić information content (AvgIpc) is 2.55. The minimum atomic E-state index is -0.171. The van der Waals surface area contributed by atoms with Gasteiger partial charge >= 0.3 is 0 Å². The van der Waals surface area contributed by atoms with Crippen LogP contribution in [0.1, 0.15) is 18.4 Å². The van der Waals surface area contributed by atoms with Crippen LogP contribution in [0.4, 0.5) is 0 Å². The molecule has 2 heteroatoms. The number of fused-ring (bicyclic) bond motifs is 2. The highest BCUT2D eigenvalue weighted by Crippen LogP contribution is 2.30. The van der Waals surface area contributed by atoms with Crippen LogP contribution in [-0.4, -0.2) is 29.2 Å². The lowest BCUT2D eigenvalue weighted by Gasteiger charge is -2.30. The molecule has 3 aromatic carbocycles. The van der Waals surface area contributed by atoms with Crippen molar-refractivity contribution in [2.45, 2.75) is 25.5 Å². The molecule has 1 atom stereocenters. The van der Waals surface area contributed by atoms with Crippen LogP contribution in [-0.2, 0) is 6.54 Å². The molecule has 1 heterocycles. The van der Waals surface area contributed by atoms with E-state index >= 15 is 0 Å². The van der Waals surface area contributed by atoms with E-state index in [-0.39, 0.29) is 6.10 Å². The highest BCUT2D eigenvalue weighted by atomic mass is 16.3. The molecule has 112 valence electrons. The third-order valence-corrected chi connectivity index (χ3v) is 4.75. The van der Waals surface area contributed by atoms with Crippen molar-refractivity contribution in [3.05, 3.63) is 60.2 Å². The van der Waals surface area contributed by atoms with Gasteiger partial charge < -0.3 is 5.11 Å². The van der Waals surface area contributed by atoms with Gasteiger partial charge in [-0.1, -0.05) is 48.5 Å². The topological polar surface area (TPSA) is 23.5 Å². The molecule has 4 rings (SSSR count). The summed E-state index contributed by atoms with van der Waals surface area (Å²) in [7, 11) is 0. The van der Waals surface area contributed by atoms with Crippen molar-refractivity contribution in [3.8, 4) is 0 Å². The van der Waals surface area contributed by atoms with E-state index in [2.05, 4.69) is 59.5 Å². The van der Waals surface area contributed by atoms with Gasteiger partial charge in [0, 0.05) is 13.1 Å². The molecule has 1 fully saturated rings. The van der Waals surface area contributed by atoms with Gasteiger partial charge in [-0.25, -0.2) is 0 Å². The van der Waals surface area contributed by atoms with E-state index in [1.165, 1.54) is 27.1 Å². The number of aliphatic hydroxyl groups excluding tert-OH is 1. The van der Waals surface area contributed by atoms with Gasteiger partial charge in [0.05, 0.1) is 6.10 Å². The van der Waals surface area contributed by atoms with E-state index in [0.717, 1.165) is 32.5 Å². The van der Waals surface area contributed by atoms with Crippen LogP contribution < -0.4 is 0 Å². The van der Waals surface area contributed by atoms with Crippen molar-refractivity contribution in [1.82, 2.24) is 4.90 Å². The molecule has 0 radical (unpaired) electrons. The van der Waals surface area contributed by atoms with Crippen molar-refractivity contribution in [3.63, 3.8) is 0 Å². The minimum Gasteiger partial charge on any atom is -0.392 e. The number of likely N-dealkylation sites (tertiary alicyclic amines) is 1. The summed E-state index contributed by atoms with van der Waals surface area (Å²) in [5.41, 5.74) is 1.39. The quantitative estimate of drug-likeness (QED) is 0.723. The summed E-state index contributed by atoms with van der Waals surface area (Å²) in [4.78, 5) is 2.39. The second-order valence-electron chi connectivity index (χ2n) is 6.33. The van der Waals surface area contributed by atoms with E-state index in [1.54, 1.807) is 0 Å². The van der Waals surface area contributed by atoms with Gasteiger partial charge in [-0.05, 0) is 52.6 Å². The lowest BCUT2D eigenvalue weighted by molar-refractivity contribution is 0.0672. The molecular weight excluding hydrogens is 270 g/mol. The molecule has 1 N–H and O–H groups in total. The molecule has 1 aliphatic rings. The summed E-state index contributed by atoms with van der Waals surface area (Å²) in [6.45, 7) is 2.78. The van der Waals surface area contributed by atoms with Crippen molar-refractivity contribution in [2.24, 2.45) is 0 Å². The summed E-state index contributed by atoms with van der Waals surface area (Å²) >= 11 is 0. The average molecular weight is 291 g/mol. The number of hydrogen-bond donors (Lipinski definition) is 1. The lowest BCUT2D eigenvalue weighted by Crippen LogP contribution is -2.37. The fraction of sp³-hybridized carbons (Fsp3) is 0.300. The molecule has 0 unspecified atom stereocenters. The van der Waals surface area contributed by atoms with Crippen molar-refractivity contribution < 1.29 is 5.11 Å². The monoisotopic (exact) mass is 291 g/mol. The first-order valence-electron chi connectivity index (χ1n) is 8.11. The summed E-state index contributed by atoms with van der Waals surface area (Å²) in [5.74, 6) is 0. The zero-order chi connectivity index (χ0) is 14.9. The van der Waals surface area contributed by atoms with E-state index in [4.69, 9.17) is 0 Å². The lowest BCUT2D eigenvalue weighted by atomic mass is 9.96. The summed E-state index contributed by atoms with van der Waals surface area (Å²) < 4.78 is 0. The maximum Gasteiger partial charge on any atom is 0.0667 e. The SMILES string of the molecule is O[C@H]1CCCN(Cc2c3ccccc3cc3ccccc23)C1. The van der Waals surface area contributed by atoms with Crippen LogP contribution in [0.5, 0.6) is 0 Å². The molecule has 0 spiro atoms. The summed E-state index contributed by atoms with van der Waals surface area (Å²) in [5, 5.41) is 15.2. The summed E-state index contributed by atoms with van der Waals surface area (Å²) in [6, 6.07) is 19.5. The van der Waals surface area contributed by atoms with E-state index in [0.29, 0.717) is 0 Å². The Hall–Kier alpha value is -1.90. The Morgan fingerprint density at radius 2 is 1.59 bits per heavy atom. The van der Waals surface area contributed by atoms with E-state index in [9.17, 15) is 5.11 Å². The third kappa shape index (κ3) is 2.49. The number of rotatable bonds is 2. The maximum absolute atomic E-state index is 9.94. The van der Waals surface area contributed by atoms with Crippen LogP contribution in [0.3, 0.4) is 0 Å². The first-order valence-corrected chi connectivity index (χ1v) is 8.11. The number of benzene rings is 3. The fourth-order valence-electron chi connectivity index (χ4n) is 3.68. The molecule has 2 nitrogen and oxygen atoms in total. The molecule has 0 bridgehead atoms.